The molecule has 37 heavy (non-hydrogen) atoms. The normalized spacial score (nSPS) is 13.5. The lowest BCUT2D eigenvalue weighted by Crippen LogP contribution is -2.31. The second-order valence-electron chi connectivity index (χ2n) is 10.1. The number of carbonyl (C=O) groups is 1. The molecule has 4 rings (SSSR count). The van der Waals surface area contributed by atoms with Crippen molar-refractivity contribution in [1.82, 2.24) is 34.9 Å². The summed E-state index contributed by atoms with van der Waals surface area (Å²) in [6.45, 7) is 12.4. The minimum Gasteiger partial charge on any atom is -0.466 e. The molecule has 0 saturated carbocycles. The molecule has 1 atom stereocenters. The second kappa shape index (κ2) is 10.1. The van der Waals surface area contributed by atoms with E-state index in [1.54, 1.807) is 36.4 Å². The number of carbonyl (C=O) groups excluding carboxylic acids is 1. The van der Waals surface area contributed by atoms with Crippen LogP contribution >= 0.6 is 0 Å². The van der Waals surface area contributed by atoms with Crippen molar-refractivity contribution in [2.45, 2.75) is 53.5 Å². The SMILES string of the molecule is CCOC(=O)C(C)(C)Cn1cc(-c2nc(C(C)(c3ccc(-c4cnc(N)nc4)nc3)C(C)C)no2)cn1. The predicted molar refractivity (Wildman–Crippen MR) is 137 cm³/mol. The van der Waals surface area contributed by atoms with Crippen LogP contribution in [-0.2, 0) is 21.5 Å². The van der Waals surface area contributed by atoms with Crippen LogP contribution in [0, 0.1) is 11.3 Å². The first-order chi connectivity index (χ1) is 17.5. The lowest BCUT2D eigenvalue weighted by Gasteiger charge is -2.30. The highest BCUT2D eigenvalue weighted by Gasteiger charge is 2.38. The summed E-state index contributed by atoms with van der Waals surface area (Å²) >= 11 is 0. The molecule has 0 amide bonds. The van der Waals surface area contributed by atoms with E-state index < -0.39 is 10.8 Å². The number of hydrogen-bond acceptors (Lipinski definition) is 10. The molecule has 0 saturated heterocycles. The second-order valence-corrected chi connectivity index (χ2v) is 10.1. The van der Waals surface area contributed by atoms with Crippen molar-refractivity contribution in [2.75, 3.05) is 12.3 Å². The van der Waals surface area contributed by atoms with Crippen molar-refractivity contribution in [3.05, 3.63) is 54.5 Å². The highest BCUT2D eigenvalue weighted by molar-refractivity contribution is 5.75. The van der Waals surface area contributed by atoms with Gasteiger partial charge in [-0.2, -0.15) is 10.1 Å². The molecule has 2 N–H and O–H groups in total. The summed E-state index contributed by atoms with van der Waals surface area (Å²) in [7, 11) is 0. The summed E-state index contributed by atoms with van der Waals surface area (Å²) in [6.07, 6.45) is 8.54. The van der Waals surface area contributed by atoms with Gasteiger partial charge in [0, 0.05) is 30.4 Å². The Morgan fingerprint density at radius 3 is 2.43 bits per heavy atom. The van der Waals surface area contributed by atoms with Crippen LogP contribution in [0.2, 0.25) is 0 Å². The molecule has 0 aromatic carbocycles. The standard InChI is InChI=1S/C26H32N8O3/c1-7-36-23(35)25(4,5)15-34-14-18(12-31-34)21-32-22(33-37-21)26(6,16(2)3)19-8-9-20(28-13-19)17-10-29-24(27)30-11-17/h8-14,16H,7,15H2,1-6H3,(H2,27,29,30). The summed E-state index contributed by atoms with van der Waals surface area (Å²) in [4.78, 5) is 29.7. The minimum absolute atomic E-state index is 0.138. The zero-order chi connectivity index (χ0) is 26.8. The maximum Gasteiger partial charge on any atom is 0.313 e. The molecular weight excluding hydrogens is 472 g/mol. The Morgan fingerprint density at radius 2 is 1.81 bits per heavy atom. The molecule has 0 bridgehead atoms. The molecule has 0 spiro atoms. The Labute approximate surface area is 215 Å². The molecule has 194 valence electrons. The number of nitrogen functional groups attached to an aromatic ring is 1. The third-order valence-electron chi connectivity index (χ3n) is 6.64. The van der Waals surface area contributed by atoms with Crippen LogP contribution in [0.4, 0.5) is 5.95 Å². The van der Waals surface area contributed by atoms with E-state index in [0.717, 1.165) is 16.8 Å². The molecule has 4 heterocycles. The molecule has 11 heteroatoms. The van der Waals surface area contributed by atoms with Gasteiger partial charge in [-0.25, -0.2) is 9.97 Å². The van der Waals surface area contributed by atoms with E-state index in [1.165, 1.54) is 0 Å². The number of esters is 1. The highest BCUT2D eigenvalue weighted by atomic mass is 16.5. The van der Waals surface area contributed by atoms with Crippen molar-refractivity contribution in [3.8, 4) is 22.7 Å². The topological polar surface area (TPSA) is 148 Å². The van der Waals surface area contributed by atoms with Crippen LogP contribution in [0.25, 0.3) is 22.7 Å². The van der Waals surface area contributed by atoms with E-state index in [-0.39, 0.29) is 17.8 Å². The van der Waals surface area contributed by atoms with Gasteiger partial charge in [0.15, 0.2) is 5.82 Å². The number of aromatic nitrogens is 7. The summed E-state index contributed by atoms with van der Waals surface area (Å²) in [5, 5.41) is 8.71. The van der Waals surface area contributed by atoms with Crippen LogP contribution in [0.5, 0.6) is 0 Å². The number of nitrogens with zero attached hydrogens (tertiary/aromatic N) is 7. The molecule has 4 aromatic heterocycles. The van der Waals surface area contributed by atoms with E-state index in [2.05, 4.69) is 46.0 Å². The highest BCUT2D eigenvalue weighted by Crippen LogP contribution is 2.38. The molecule has 0 aliphatic rings. The van der Waals surface area contributed by atoms with E-state index in [1.807, 2.05) is 32.2 Å². The third-order valence-corrected chi connectivity index (χ3v) is 6.64. The molecule has 0 aliphatic carbocycles. The number of pyridine rings is 1. The first-order valence-electron chi connectivity index (χ1n) is 12.1. The van der Waals surface area contributed by atoms with E-state index in [0.29, 0.717) is 30.4 Å². The fraction of sp³-hybridized carbons (Fsp3) is 0.423. The lowest BCUT2D eigenvalue weighted by molar-refractivity contribution is -0.154. The molecule has 0 radical (unpaired) electrons. The number of nitrogens with two attached hydrogens (primary N) is 1. The third kappa shape index (κ3) is 5.20. The van der Waals surface area contributed by atoms with Gasteiger partial charge in [0.05, 0.1) is 41.4 Å². The maximum absolute atomic E-state index is 12.3. The summed E-state index contributed by atoms with van der Waals surface area (Å²) in [5.74, 6) is 0.976. The quantitative estimate of drug-likeness (QED) is 0.332. The molecule has 4 aromatic rings. The van der Waals surface area contributed by atoms with Crippen LogP contribution < -0.4 is 5.73 Å². The smallest absolute Gasteiger partial charge is 0.313 e. The van der Waals surface area contributed by atoms with Crippen molar-refractivity contribution in [3.63, 3.8) is 0 Å². The van der Waals surface area contributed by atoms with Gasteiger partial charge in [-0.05, 0) is 45.2 Å². The Bertz CT molecular complexity index is 1360. The molecule has 11 nitrogen and oxygen atoms in total. The van der Waals surface area contributed by atoms with Crippen molar-refractivity contribution in [1.29, 1.82) is 0 Å². The van der Waals surface area contributed by atoms with Gasteiger partial charge in [-0.3, -0.25) is 14.5 Å². The van der Waals surface area contributed by atoms with Crippen molar-refractivity contribution in [2.24, 2.45) is 11.3 Å². The maximum atomic E-state index is 12.3. The first-order valence-corrected chi connectivity index (χ1v) is 12.1. The predicted octanol–water partition coefficient (Wildman–Crippen LogP) is 3.92. The number of anilines is 1. The van der Waals surface area contributed by atoms with E-state index >= 15 is 0 Å². The lowest BCUT2D eigenvalue weighted by atomic mass is 9.73. The van der Waals surface area contributed by atoms with Crippen molar-refractivity contribution >= 4 is 11.9 Å². The number of ether oxygens (including phenoxy) is 1. The molecule has 0 aliphatic heterocycles. The Balaban J connectivity index is 1.58. The van der Waals surface area contributed by atoms with Crippen LogP contribution in [0.3, 0.4) is 0 Å². The fourth-order valence-corrected chi connectivity index (χ4v) is 3.97. The van der Waals surface area contributed by atoms with Crippen LogP contribution in [-0.4, -0.2) is 47.4 Å². The Hall–Kier alpha value is -4.15. The zero-order valence-electron chi connectivity index (χ0n) is 22.0. The Morgan fingerprint density at radius 1 is 1.08 bits per heavy atom. The van der Waals surface area contributed by atoms with Crippen molar-refractivity contribution < 1.29 is 14.1 Å². The zero-order valence-corrected chi connectivity index (χ0v) is 22.0. The number of hydrogen-bond donors (Lipinski definition) is 1. The van der Waals surface area contributed by atoms with Gasteiger partial charge in [-0.15, -0.1) is 0 Å². The average Bonchev–Trinajstić information content (AvgIpc) is 3.54. The van der Waals surface area contributed by atoms with Gasteiger partial charge in [0.25, 0.3) is 5.89 Å². The summed E-state index contributed by atoms with van der Waals surface area (Å²) < 4.78 is 12.5. The van der Waals surface area contributed by atoms with Gasteiger partial charge in [0.2, 0.25) is 5.95 Å². The Kier molecular flexibility index (Phi) is 7.06. The summed E-state index contributed by atoms with van der Waals surface area (Å²) in [6, 6.07) is 3.92. The van der Waals surface area contributed by atoms with Crippen LogP contribution in [0.15, 0.2) is 47.6 Å². The van der Waals surface area contributed by atoms with Gasteiger partial charge in [0.1, 0.15) is 0 Å². The average molecular weight is 505 g/mol. The van der Waals surface area contributed by atoms with Gasteiger partial charge in [-0.1, -0.05) is 25.1 Å². The fourth-order valence-electron chi connectivity index (χ4n) is 3.97. The van der Waals surface area contributed by atoms with Gasteiger partial charge < -0.3 is 15.0 Å². The van der Waals surface area contributed by atoms with Crippen LogP contribution in [0.1, 0.15) is 52.9 Å². The van der Waals surface area contributed by atoms with E-state index in [9.17, 15) is 4.79 Å². The largest absolute Gasteiger partial charge is 0.466 e. The molecular formula is C26H32N8O3. The first kappa shape index (κ1) is 25.9. The summed E-state index contributed by atoms with van der Waals surface area (Å²) in [5.41, 5.74) is 7.42. The van der Waals surface area contributed by atoms with Gasteiger partial charge >= 0.3 is 5.97 Å². The minimum atomic E-state index is -0.729. The van der Waals surface area contributed by atoms with E-state index in [4.69, 9.17) is 20.0 Å². The molecule has 1 unspecified atom stereocenters. The number of rotatable bonds is 9. The molecule has 0 fully saturated rings. The monoisotopic (exact) mass is 504 g/mol.